The summed E-state index contributed by atoms with van der Waals surface area (Å²) in [5.41, 5.74) is 0. The number of benzene rings is 1. The predicted molar refractivity (Wildman–Crippen MR) is 66.8 cm³/mol. The topological polar surface area (TPSA) is 41.5 Å². The first kappa shape index (κ1) is 15.4. The molecule has 0 aliphatic carbocycles. The van der Waals surface area contributed by atoms with Crippen molar-refractivity contribution in [2.45, 2.75) is 12.5 Å². The zero-order chi connectivity index (χ0) is 13.5. The first-order valence-corrected chi connectivity index (χ1v) is 5.99. The molecule has 0 aliphatic heterocycles. The van der Waals surface area contributed by atoms with Crippen molar-refractivity contribution in [2.75, 3.05) is 19.7 Å². The number of hydrogen-bond donors (Lipinski definition) is 2. The molecule has 0 aliphatic rings. The highest BCUT2D eigenvalue weighted by molar-refractivity contribution is 6.35. The van der Waals surface area contributed by atoms with E-state index in [1.165, 1.54) is 6.07 Å². The van der Waals surface area contributed by atoms with Crippen molar-refractivity contribution >= 4 is 23.2 Å². The van der Waals surface area contributed by atoms with E-state index in [-0.39, 0.29) is 13.2 Å². The normalized spacial score (nSPS) is 12.8. The van der Waals surface area contributed by atoms with Crippen LogP contribution in [0.2, 0.25) is 10.0 Å². The van der Waals surface area contributed by atoms with Crippen LogP contribution in [0.3, 0.4) is 0 Å². The second-order valence-electron chi connectivity index (χ2n) is 3.59. The van der Waals surface area contributed by atoms with Gasteiger partial charge in [0, 0.05) is 11.6 Å². The van der Waals surface area contributed by atoms with E-state index in [4.69, 9.17) is 27.9 Å². The van der Waals surface area contributed by atoms with E-state index in [1.807, 2.05) is 0 Å². The molecule has 1 rings (SSSR count). The fourth-order valence-corrected chi connectivity index (χ4v) is 1.66. The third-order valence-corrected chi connectivity index (χ3v) is 2.53. The number of aliphatic hydroxyl groups is 1. The molecular formula is C11H13Cl2F2NO2. The summed E-state index contributed by atoms with van der Waals surface area (Å²) >= 11 is 11.6. The lowest BCUT2D eigenvalue weighted by Crippen LogP contribution is -2.34. The number of halogens is 4. The molecule has 7 heteroatoms. The van der Waals surface area contributed by atoms with Crippen LogP contribution in [-0.4, -0.2) is 37.3 Å². The Balaban J connectivity index is 2.31. The standard InChI is InChI=1S/C11H13Cl2F2NO2/c12-7-1-2-10(9(13)3-7)18-6-8(17)4-16-5-11(14)15/h1-3,8,11,16-17H,4-6H2. The molecule has 0 aromatic heterocycles. The highest BCUT2D eigenvalue weighted by Gasteiger charge is 2.09. The summed E-state index contributed by atoms with van der Waals surface area (Å²) in [6.45, 7) is -0.480. The first-order chi connectivity index (χ1) is 8.49. The molecule has 0 saturated carbocycles. The maximum absolute atomic E-state index is 11.8. The highest BCUT2D eigenvalue weighted by atomic mass is 35.5. The van der Waals surface area contributed by atoms with Crippen molar-refractivity contribution < 1.29 is 18.6 Å². The van der Waals surface area contributed by atoms with Gasteiger partial charge in [-0.05, 0) is 18.2 Å². The van der Waals surface area contributed by atoms with Gasteiger partial charge in [-0.25, -0.2) is 8.78 Å². The van der Waals surface area contributed by atoms with Crippen LogP contribution in [-0.2, 0) is 0 Å². The molecule has 0 bridgehead atoms. The van der Waals surface area contributed by atoms with Crippen LogP contribution in [0.5, 0.6) is 5.75 Å². The van der Waals surface area contributed by atoms with Crippen molar-refractivity contribution in [3.63, 3.8) is 0 Å². The second kappa shape index (κ2) is 7.74. The molecule has 0 amide bonds. The summed E-state index contributed by atoms with van der Waals surface area (Å²) in [5.74, 6) is 0.383. The number of hydrogen-bond acceptors (Lipinski definition) is 3. The second-order valence-corrected chi connectivity index (χ2v) is 4.43. The predicted octanol–water partition coefficient (Wildman–Crippen LogP) is 2.59. The molecule has 1 unspecified atom stereocenters. The molecule has 1 atom stereocenters. The van der Waals surface area contributed by atoms with E-state index in [0.717, 1.165) is 0 Å². The number of aliphatic hydroxyl groups excluding tert-OH is 1. The van der Waals surface area contributed by atoms with Crippen LogP contribution >= 0.6 is 23.2 Å². The Bertz CT molecular complexity index is 380. The number of alkyl halides is 2. The molecule has 18 heavy (non-hydrogen) atoms. The van der Waals surface area contributed by atoms with Gasteiger partial charge >= 0.3 is 0 Å². The van der Waals surface area contributed by atoms with E-state index >= 15 is 0 Å². The summed E-state index contributed by atoms with van der Waals surface area (Å²) < 4.78 is 28.9. The van der Waals surface area contributed by atoms with Crippen LogP contribution in [0.25, 0.3) is 0 Å². The number of ether oxygens (including phenoxy) is 1. The van der Waals surface area contributed by atoms with Crippen LogP contribution in [0.1, 0.15) is 0 Å². The van der Waals surface area contributed by atoms with Gasteiger partial charge in [-0.15, -0.1) is 0 Å². The van der Waals surface area contributed by atoms with Crippen LogP contribution in [0, 0.1) is 0 Å². The molecule has 1 aromatic rings. The zero-order valence-corrected chi connectivity index (χ0v) is 10.9. The lowest BCUT2D eigenvalue weighted by molar-refractivity contribution is 0.0952. The van der Waals surface area contributed by atoms with Gasteiger partial charge in [0.25, 0.3) is 6.43 Å². The summed E-state index contributed by atoms with van der Waals surface area (Å²) in [4.78, 5) is 0. The van der Waals surface area contributed by atoms with E-state index in [2.05, 4.69) is 5.32 Å². The Hall–Kier alpha value is -0.620. The molecule has 0 spiro atoms. The summed E-state index contributed by atoms with van der Waals surface area (Å²) in [5, 5.41) is 12.7. The zero-order valence-electron chi connectivity index (χ0n) is 9.38. The maximum Gasteiger partial charge on any atom is 0.250 e. The fraction of sp³-hybridized carbons (Fsp3) is 0.455. The maximum atomic E-state index is 11.8. The molecule has 0 fully saturated rings. The molecular weight excluding hydrogens is 287 g/mol. The Labute approximate surface area is 114 Å². The molecule has 0 heterocycles. The van der Waals surface area contributed by atoms with Gasteiger partial charge in [0.15, 0.2) is 0 Å². The molecule has 2 N–H and O–H groups in total. The molecule has 0 radical (unpaired) electrons. The quantitative estimate of drug-likeness (QED) is 0.813. The van der Waals surface area contributed by atoms with Gasteiger partial charge in [-0.2, -0.15) is 0 Å². The molecule has 0 saturated heterocycles. The van der Waals surface area contributed by atoms with Crippen molar-refractivity contribution in [2.24, 2.45) is 0 Å². The number of nitrogens with one attached hydrogen (secondary N) is 1. The van der Waals surface area contributed by atoms with Crippen molar-refractivity contribution in [3.05, 3.63) is 28.2 Å². The summed E-state index contributed by atoms with van der Waals surface area (Å²) in [6, 6.07) is 4.69. The third-order valence-electron chi connectivity index (χ3n) is 2.00. The highest BCUT2D eigenvalue weighted by Crippen LogP contribution is 2.27. The minimum atomic E-state index is -2.44. The summed E-state index contributed by atoms with van der Waals surface area (Å²) in [7, 11) is 0. The average Bonchev–Trinajstić information content (AvgIpc) is 2.27. The third kappa shape index (κ3) is 5.82. The Kier molecular flexibility index (Phi) is 6.63. The van der Waals surface area contributed by atoms with Crippen molar-refractivity contribution in [1.29, 1.82) is 0 Å². The van der Waals surface area contributed by atoms with Crippen molar-refractivity contribution in [3.8, 4) is 5.75 Å². The SMILES string of the molecule is OC(CNCC(F)F)COc1ccc(Cl)cc1Cl. The molecule has 3 nitrogen and oxygen atoms in total. The fourth-order valence-electron chi connectivity index (χ4n) is 1.20. The average molecular weight is 300 g/mol. The Morgan fingerprint density at radius 2 is 2.00 bits per heavy atom. The Morgan fingerprint density at radius 1 is 1.28 bits per heavy atom. The van der Waals surface area contributed by atoms with E-state index in [9.17, 15) is 13.9 Å². The smallest absolute Gasteiger partial charge is 0.250 e. The molecule has 1 aromatic carbocycles. The molecule has 102 valence electrons. The van der Waals surface area contributed by atoms with E-state index in [0.29, 0.717) is 15.8 Å². The summed E-state index contributed by atoms with van der Waals surface area (Å²) in [6.07, 6.45) is -3.33. The van der Waals surface area contributed by atoms with Crippen LogP contribution < -0.4 is 10.1 Å². The monoisotopic (exact) mass is 299 g/mol. The van der Waals surface area contributed by atoms with Crippen LogP contribution in [0.4, 0.5) is 8.78 Å². The van der Waals surface area contributed by atoms with Crippen molar-refractivity contribution in [1.82, 2.24) is 5.32 Å². The van der Waals surface area contributed by atoms with Gasteiger partial charge in [0.05, 0.1) is 11.6 Å². The number of rotatable bonds is 7. The first-order valence-electron chi connectivity index (χ1n) is 5.24. The minimum Gasteiger partial charge on any atom is -0.489 e. The largest absolute Gasteiger partial charge is 0.489 e. The lowest BCUT2D eigenvalue weighted by Gasteiger charge is -2.14. The Morgan fingerprint density at radius 3 is 2.61 bits per heavy atom. The van der Waals surface area contributed by atoms with E-state index in [1.54, 1.807) is 12.1 Å². The van der Waals surface area contributed by atoms with Crippen LogP contribution in [0.15, 0.2) is 18.2 Å². The van der Waals surface area contributed by atoms with Gasteiger partial charge < -0.3 is 15.2 Å². The van der Waals surface area contributed by atoms with Gasteiger partial charge in [-0.1, -0.05) is 23.2 Å². The van der Waals surface area contributed by atoms with E-state index < -0.39 is 19.1 Å². The van der Waals surface area contributed by atoms with Gasteiger partial charge in [-0.3, -0.25) is 0 Å². The minimum absolute atomic E-state index is 0.0234. The van der Waals surface area contributed by atoms with Gasteiger partial charge in [0.1, 0.15) is 18.5 Å². The van der Waals surface area contributed by atoms with Gasteiger partial charge in [0.2, 0.25) is 0 Å². The lowest BCUT2D eigenvalue weighted by atomic mass is 10.3.